The van der Waals surface area contributed by atoms with Crippen LogP contribution >= 0.6 is 0 Å². The number of guanidine groups is 1. The van der Waals surface area contributed by atoms with Crippen LogP contribution in [0.4, 0.5) is 5.69 Å². The molecule has 2 aliphatic rings. The van der Waals surface area contributed by atoms with E-state index in [1.165, 1.54) is 5.69 Å². The molecule has 0 bridgehead atoms. The Kier molecular flexibility index (Phi) is 7.01. The lowest BCUT2D eigenvalue weighted by Gasteiger charge is -2.38. The van der Waals surface area contributed by atoms with Gasteiger partial charge in [0, 0.05) is 65.1 Å². The molecule has 1 N–H and O–H groups in total. The summed E-state index contributed by atoms with van der Waals surface area (Å²) in [6.07, 6.45) is 0. The molecular weight excluding hydrogens is 378 g/mol. The lowest BCUT2D eigenvalue weighted by molar-refractivity contribution is 0.296. The Morgan fingerprint density at radius 2 is 1.71 bits per heavy atom. The van der Waals surface area contributed by atoms with E-state index in [0.717, 1.165) is 51.0 Å². The highest BCUT2D eigenvalue weighted by Crippen LogP contribution is 2.20. The first kappa shape index (κ1) is 20.7. The maximum atomic E-state index is 11.5. The zero-order valence-corrected chi connectivity index (χ0v) is 17.6. The van der Waals surface area contributed by atoms with E-state index in [9.17, 15) is 8.42 Å². The number of benzene rings is 1. The van der Waals surface area contributed by atoms with Crippen LogP contribution < -0.4 is 15.0 Å². The van der Waals surface area contributed by atoms with Crippen LogP contribution in [0.25, 0.3) is 0 Å². The second-order valence-electron chi connectivity index (χ2n) is 7.14. The van der Waals surface area contributed by atoms with E-state index in [2.05, 4.69) is 37.1 Å². The summed E-state index contributed by atoms with van der Waals surface area (Å²) in [4.78, 5) is 11.3. The molecule has 0 radical (unpaired) electrons. The molecule has 0 saturated carbocycles. The van der Waals surface area contributed by atoms with E-state index in [0.29, 0.717) is 13.1 Å². The molecular formula is C19H31N5O3S. The third-order valence-corrected chi connectivity index (χ3v) is 6.99. The molecule has 0 atom stereocenters. The van der Waals surface area contributed by atoms with Gasteiger partial charge in [-0.15, -0.1) is 0 Å². The first-order chi connectivity index (χ1) is 13.5. The van der Waals surface area contributed by atoms with Crippen molar-refractivity contribution in [2.24, 2.45) is 4.99 Å². The summed E-state index contributed by atoms with van der Waals surface area (Å²) in [5.41, 5.74) is 1.21. The fourth-order valence-electron chi connectivity index (χ4n) is 3.60. The van der Waals surface area contributed by atoms with Crippen LogP contribution in [0, 0.1) is 0 Å². The van der Waals surface area contributed by atoms with Gasteiger partial charge in [-0.05, 0) is 24.3 Å². The summed E-state index contributed by atoms with van der Waals surface area (Å²) < 4.78 is 28.3. The number of anilines is 1. The van der Waals surface area contributed by atoms with Crippen molar-refractivity contribution in [3.8, 4) is 5.75 Å². The first-order valence-corrected chi connectivity index (χ1v) is 11.6. The topological polar surface area (TPSA) is 77.5 Å². The average Bonchev–Trinajstić information content (AvgIpc) is 2.72. The molecule has 1 aromatic rings. The van der Waals surface area contributed by atoms with Gasteiger partial charge >= 0.3 is 0 Å². The molecule has 2 fully saturated rings. The number of piperazine rings is 1. The smallest absolute Gasteiger partial charge is 0.193 e. The summed E-state index contributed by atoms with van der Waals surface area (Å²) in [5.74, 6) is 2.33. The molecule has 2 aliphatic heterocycles. The van der Waals surface area contributed by atoms with E-state index in [-0.39, 0.29) is 11.5 Å². The van der Waals surface area contributed by atoms with E-state index in [1.807, 2.05) is 19.2 Å². The van der Waals surface area contributed by atoms with Gasteiger partial charge in [0.1, 0.15) is 5.75 Å². The zero-order chi connectivity index (χ0) is 20.0. The third kappa shape index (κ3) is 5.51. The zero-order valence-electron chi connectivity index (χ0n) is 16.8. The number of hydrogen-bond donors (Lipinski definition) is 1. The highest BCUT2D eigenvalue weighted by atomic mass is 32.2. The molecule has 2 saturated heterocycles. The summed E-state index contributed by atoms with van der Waals surface area (Å²) in [6, 6.07) is 8.18. The SMILES string of the molecule is CN=C(NCCN1CCS(=O)(=O)CC1)N1CCN(c2ccc(OC)cc2)CC1. The van der Waals surface area contributed by atoms with Crippen molar-refractivity contribution in [3.63, 3.8) is 0 Å². The molecule has 0 amide bonds. The number of sulfone groups is 1. The summed E-state index contributed by atoms with van der Waals surface area (Å²) >= 11 is 0. The molecule has 3 rings (SSSR count). The highest BCUT2D eigenvalue weighted by Gasteiger charge is 2.22. The molecule has 2 heterocycles. The predicted octanol–water partition coefficient (Wildman–Crippen LogP) is 0.123. The summed E-state index contributed by atoms with van der Waals surface area (Å²) in [7, 11) is 0.675. The molecule has 0 spiro atoms. The molecule has 156 valence electrons. The fourth-order valence-corrected chi connectivity index (χ4v) is 4.88. The average molecular weight is 410 g/mol. The molecule has 0 aliphatic carbocycles. The number of ether oxygens (including phenoxy) is 1. The van der Waals surface area contributed by atoms with Crippen molar-refractivity contribution in [2.45, 2.75) is 0 Å². The molecule has 8 nitrogen and oxygen atoms in total. The maximum absolute atomic E-state index is 11.5. The quantitative estimate of drug-likeness (QED) is 0.547. The third-order valence-electron chi connectivity index (χ3n) is 5.38. The van der Waals surface area contributed by atoms with Gasteiger partial charge in [-0.25, -0.2) is 8.42 Å². The van der Waals surface area contributed by atoms with Gasteiger partial charge in [0.25, 0.3) is 0 Å². The van der Waals surface area contributed by atoms with Crippen LogP contribution in [-0.2, 0) is 9.84 Å². The Balaban J connectivity index is 1.42. The Morgan fingerprint density at radius 3 is 2.29 bits per heavy atom. The Labute approximate surface area is 168 Å². The number of nitrogens with one attached hydrogen (secondary N) is 1. The fraction of sp³-hybridized carbons (Fsp3) is 0.632. The van der Waals surface area contributed by atoms with Crippen molar-refractivity contribution in [3.05, 3.63) is 24.3 Å². The lowest BCUT2D eigenvalue weighted by Crippen LogP contribution is -2.53. The highest BCUT2D eigenvalue weighted by molar-refractivity contribution is 7.91. The van der Waals surface area contributed by atoms with Gasteiger partial charge < -0.3 is 19.9 Å². The van der Waals surface area contributed by atoms with E-state index in [4.69, 9.17) is 4.74 Å². The number of rotatable bonds is 5. The van der Waals surface area contributed by atoms with Crippen LogP contribution in [0.1, 0.15) is 0 Å². The standard InChI is InChI=1S/C19H31N5O3S/c1-20-19(21-7-8-22-13-15-28(25,26)16-14-22)24-11-9-23(10-12-24)17-3-5-18(27-2)6-4-17/h3-6H,7-16H2,1-2H3,(H,20,21). The van der Waals surface area contributed by atoms with Crippen LogP contribution in [0.5, 0.6) is 5.75 Å². The van der Waals surface area contributed by atoms with Gasteiger partial charge in [-0.3, -0.25) is 9.89 Å². The van der Waals surface area contributed by atoms with Crippen molar-refractivity contribution in [1.82, 2.24) is 15.1 Å². The van der Waals surface area contributed by atoms with Crippen molar-refractivity contribution in [2.75, 3.05) is 82.9 Å². The number of hydrogen-bond acceptors (Lipinski definition) is 6. The largest absolute Gasteiger partial charge is 0.497 e. The van der Waals surface area contributed by atoms with Crippen LogP contribution in [-0.4, -0.2) is 102 Å². The monoisotopic (exact) mass is 409 g/mol. The van der Waals surface area contributed by atoms with Gasteiger partial charge in [-0.2, -0.15) is 0 Å². The van der Waals surface area contributed by atoms with Gasteiger partial charge in [0.05, 0.1) is 18.6 Å². The minimum Gasteiger partial charge on any atom is -0.497 e. The van der Waals surface area contributed by atoms with Crippen molar-refractivity contribution in [1.29, 1.82) is 0 Å². The van der Waals surface area contributed by atoms with Gasteiger partial charge in [0.2, 0.25) is 0 Å². The number of aliphatic imine (C=N–C) groups is 1. The minimum absolute atomic E-state index is 0.273. The molecule has 0 unspecified atom stereocenters. The van der Waals surface area contributed by atoms with Gasteiger partial charge in [-0.1, -0.05) is 0 Å². The molecule has 9 heteroatoms. The Morgan fingerprint density at radius 1 is 1.07 bits per heavy atom. The second kappa shape index (κ2) is 9.47. The molecule has 28 heavy (non-hydrogen) atoms. The first-order valence-electron chi connectivity index (χ1n) is 9.78. The Hall–Kier alpha value is -2.00. The summed E-state index contributed by atoms with van der Waals surface area (Å²) in [6.45, 7) is 6.56. The van der Waals surface area contributed by atoms with Gasteiger partial charge in [0.15, 0.2) is 15.8 Å². The van der Waals surface area contributed by atoms with Crippen LogP contribution in [0.15, 0.2) is 29.3 Å². The maximum Gasteiger partial charge on any atom is 0.193 e. The predicted molar refractivity (Wildman–Crippen MR) is 113 cm³/mol. The normalized spacial score (nSPS) is 20.9. The van der Waals surface area contributed by atoms with Crippen LogP contribution in [0.2, 0.25) is 0 Å². The van der Waals surface area contributed by atoms with Crippen molar-refractivity contribution >= 4 is 21.5 Å². The molecule has 1 aromatic carbocycles. The number of methoxy groups -OCH3 is 1. The summed E-state index contributed by atoms with van der Waals surface area (Å²) in [5, 5.41) is 3.43. The van der Waals surface area contributed by atoms with E-state index >= 15 is 0 Å². The van der Waals surface area contributed by atoms with E-state index in [1.54, 1.807) is 7.11 Å². The van der Waals surface area contributed by atoms with Crippen LogP contribution in [0.3, 0.4) is 0 Å². The lowest BCUT2D eigenvalue weighted by atomic mass is 10.2. The van der Waals surface area contributed by atoms with E-state index < -0.39 is 9.84 Å². The number of nitrogens with zero attached hydrogens (tertiary/aromatic N) is 4. The second-order valence-corrected chi connectivity index (χ2v) is 9.44. The Bertz CT molecular complexity index is 744. The minimum atomic E-state index is -2.82. The molecule has 0 aromatic heterocycles. The van der Waals surface area contributed by atoms with Crippen molar-refractivity contribution < 1.29 is 13.2 Å².